The number of rotatable bonds is 3. The first-order valence-electron chi connectivity index (χ1n) is 9.90. The lowest BCUT2D eigenvalue weighted by molar-refractivity contribution is 0.0694. The number of hydrogen-bond donors (Lipinski definition) is 0. The highest BCUT2D eigenvalue weighted by molar-refractivity contribution is 5.96. The molecule has 1 aliphatic rings. The Morgan fingerprint density at radius 3 is 2.67 bits per heavy atom. The number of benzene rings is 2. The van der Waals surface area contributed by atoms with E-state index < -0.39 is 5.63 Å². The first kappa shape index (κ1) is 18.3. The Labute approximate surface area is 172 Å². The molecule has 7 nitrogen and oxygen atoms in total. The quantitative estimate of drug-likeness (QED) is 0.484. The molecule has 150 valence electrons. The van der Waals surface area contributed by atoms with Crippen LogP contribution in [0.3, 0.4) is 0 Å². The zero-order valence-corrected chi connectivity index (χ0v) is 16.2. The van der Waals surface area contributed by atoms with Crippen molar-refractivity contribution in [1.29, 1.82) is 0 Å². The van der Waals surface area contributed by atoms with Crippen LogP contribution in [0.2, 0.25) is 0 Å². The van der Waals surface area contributed by atoms with Crippen molar-refractivity contribution >= 4 is 16.9 Å². The van der Waals surface area contributed by atoms with Gasteiger partial charge >= 0.3 is 5.63 Å². The third-order valence-corrected chi connectivity index (χ3v) is 5.39. The number of carbonyl (C=O) groups excluding carboxylic acids is 1. The Bertz CT molecular complexity index is 1260. The molecule has 1 atom stereocenters. The molecule has 3 heterocycles. The molecule has 30 heavy (non-hydrogen) atoms. The zero-order valence-electron chi connectivity index (χ0n) is 16.2. The number of aromatic nitrogens is 2. The van der Waals surface area contributed by atoms with Crippen molar-refractivity contribution < 1.29 is 13.6 Å². The van der Waals surface area contributed by atoms with Gasteiger partial charge in [0.15, 0.2) is 0 Å². The number of likely N-dealkylation sites (tertiary alicyclic amines) is 1. The highest BCUT2D eigenvalue weighted by Gasteiger charge is 2.30. The molecule has 1 aliphatic heterocycles. The molecule has 4 aromatic rings. The molecule has 1 saturated heterocycles. The van der Waals surface area contributed by atoms with Crippen LogP contribution in [0.1, 0.15) is 35.0 Å². The molecule has 1 fully saturated rings. The molecule has 7 heteroatoms. The van der Waals surface area contributed by atoms with Crippen LogP contribution < -0.4 is 5.63 Å². The normalized spacial score (nSPS) is 16.7. The van der Waals surface area contributed by atoms with Crippen molar-refractivity contribution in [3.8, 4) is 11.5 Å². The van der Waals surface area contributed by atoms with Gasteiger partial charge in [0.05, 0.1) is 5.92 Å². The van der Waals surface area contributed by atoms with Crippen LogP contribution >= 0.6 is 0 Å². The summed E-state index contributed by atoms with van der Waals surface area (Å²) >= 11 is 0. The van der Waals surface area contributed by atoms with E-state index >= 15 is 0 Å². The van der Waals surface area contributed by atoms with Gasteiger partial charge in [-0.2, -0.15) is 0 Å². The Kier molecular flexibility index (Phi) is 4.63. The summed E-state index contributed by atoms with van der Waals surface area (Å²) in [6.07, 6.45) is 1.63. The molecule has 5 rings (SSSR count). The molecular formula is C23H19N3O4. The van der Waals surface area contributed by atoms with Crippen LogP contribution in [0.4, 0.5) is 0 Å². The number of fused-ring (bicyclic) bond motifs is 1. The molecule has 0 spiro atoms. The van der Waals surface area contributed by atoms with E-state index in [9.17, 15) is 9.59 Å². The van der Waals surface area contributed by atoms with E-state index in [1.807, 2.05) is 42.5 Å². The van der Waals surface area contributed by atoms with Crippen LogP contribution in [0.5, 0.6) is 0 Å². The summed E-state index contributed by atoms with van der Waals surface area (Å²) in [6.45, 7) is 0.989. The number of amides is 1. The van der Waals surface area contributed by atoms with Gasteiger partial charge in [-0.15, -0.1) is 10.2 Å². The number of piperidine rings is 1. The fraction of sp³-hybridized carbons (Fsp3) is 0.217. The van der Waals surface area contributed by atoms with Gasteiger partial charge in [-0.3, -0.25) is 4.79 Å². The molecule has 2 aromatic heterocycles. The van der Waals surface area contributed by atoms with Crippen LogP contribution in [-0.4, -0.2) is 34.1 Å². The van der Waals surface area contributed by atoms with E-state index in [1.54, 1.807) is 23.1 Å². The summed E-state index contributed by atoms with van der Waals surface area (Å²) in [4.78, 5) is 27.1. The molecule has 0 aliphatic carbocycles. The van der Waals surface area contributed by atoms with Gasteiger partial charge < -0.3 is 13.7 Å². The van der Waals surface area contributed by atoms with E-state index in [0.29, 0.717) is 30.5 Å². The predicted molar refractivity (Wildman–Crippen MR) is 110 cm³/mol. The molecule has 2 aromatic carbocycles. The second kappa shape index (κ2) is 7.59. The second-order valence-electron chi connectivity index (χ2n) is 7.39. The van der Waals surface area contributed by atoms with Gasteiger partial charge in [0.1, 0.15) is 11.1 Å². The highest BCUT2D eigenvalue weighted by atomic mass is 16.4. The third-order valence-electron chi connectivity index (χ3n) is 5.39. The van der Waals surface area contributed by atoms with Crippen molar-refractivity contribution in [1.82, 2.24) is 15.1 Å². The van der Waals surface area contributed by atoms with Crippen molar-refractivity contribution in [2.75, 3.05) is 13.1 Å². The zero-order chi connectivity index (χ0) is 20.5. The Balaban J connectivity index is 1.38. The molecule has 0 N–H and O–H groups in total. The van der Waals surface area contributed by atoms with Gasteiger partial charge in [0, 0.05) is 24.0 Å². The maximum absolute atomic E-state index is 13.1. The van der Waals surface area contributed by atoms with Gasteiger partial charge in [0.2, 0.25) is 11.8 Å². The Morgan fingerprint density at radius 2 is 1.80 bits per heavy atom. The third kappa shape index (κ3) is 3.39. The molecule has 0 radical (unpaired) electrons. The lowest BCUT2D eigenvalue weighted by atomic mass is 9.97. The van der Waals surface area contributed by atoms with E-state index in [1.165, 1.54) is 0 Å². The Morgan fingerprint density at radius 1 is 1.00 bits per heavy atom. The number of carbonyl (C=O) groups is 1. The smallest absolute Gasteiger partial charge is 0.349 e. The Hall–Kier alpha value is -3.74. The lowest BCUT2D eigenvalue weighted by Gasteiger charge is -2.30. The summed E-state index contributed by atoms with van der Waals surface area (Å²) in [5.41, 5.74) is 0.749. The molecular weight excluding hydrogens is 382 g/mol. The summed E-state index contributed by atoms with van der Waals surface area (Å²) in [5, 5.41) is 9.08. The molecule has 1 unspecified atom stereocenters. The average Bonchev–Trinajstić information content (AvgIpc) is 3.29. The van der Waals surface area contributed by atoms with E-state index in [4.69, 9.17) is 8.83 Å². The first-order valence-corrected chi connectivity index (χ1v) is 9.90. The van der Waals surface area contributed by atoms with Crippen molar-refractivity contribution in [3.63, 3.8) is 0 Å². The first-order chi connectivity index (χ1) is 14.7. The van der Waals surface area contributed by atoms with Gasteiger partial charge in [-0.05, 0) is 37.1 Å². The predicted octanol–water partition coefficient (Wildman–Crippen LogP) is 3.86. The maximum Gasteiger partial charge on any atom is 0.349 e. The summed E-state index contributed by atoms with van der Waals surface area (Å²) in [7, 11) is 0. The van der Waals surface area contributed by atoms with Gasteiger partial charge in [-0.1, -0.05) is 36.4 Å². The minimum atomic E-state index is -0.620. The van der Waals surface area contributed by atoms with Crippen LogP contribution in [-0.2, 0) is 0 Å². The van der Waals surface area contributed by atoms with Crippen LogP contribution in [0.25, 0.3) is 22.4 Å². The second-order valence-corrected chi connectivity index (χ2v) is 7.39. The SMILES string of the molecule is O=C(c1cc2ccccc2oc1=O)N1CCCC(c2nnc(-c3ccccc3)o2)C1. The van der Waals surface area contributed by atoms with Crippen molar-refractivity contribution in [2.24, 2.45) is 0 Å². The standard InChI is InChI=1S/C23H19N3O4/c27-22(18-13-16-9-4-5-11-19(16)29-23(18)28)26-12-6-10-17(14-26)21-25-24-20(30-21)15-7-2-1-3-8-15/h1-5,7-9,11,13,17H,6,10,12,14H2. The van der Waals surface area contributed by atoms with E-state index in [0.717, 1.165) is 23.8 Å². The van der Waals surface area contributed by atoms with Crippen LogP contribution in [0.15, 0.2) is 74.3 Å². The molecule has 0 saturated carbocycles. The van der Waals surface area contributed by atoms with Gasteiger partial charge in [0.25, 0.3) is 5.91 Å². The van der Waals surface area contributed by atoms with E-state index in [2.05, 4.69) is 10.2 Å². The number of para-hydroxylation sites is 1. The van der Waals surface area contributed by atoms with Crippen LogP contribution in [0, 0.1) is 0 Å². The number of nitrogens with zero attached hydrogens (tertiary/aromatic N) is 3. The fourth-order valence-corrected chi connectivity index (χ4v) is 3.84. The minimum Gasteiger partial charge on any atom is -0.422 e. The minimum absolute atomic E-state index is 0.0462. The largest absolute Gasteiger partial charge is 0.422 e. The number of hydrogen-bond acceptors (Lipinski definition) is 6. The maximum atomic E-state index is 13.1. The monoisotopic (exact) mass is 401 g/mol. The van der Waals surface area contributed by atoms with Gasteiger partial charge in [-0.25, -0.2) is 4.79 Å². The summed E-state index contributed by atoms with van der Waals surface area (Å²) in [5.74, 6) is 0.572. The van der Waals surface area contributed by atoms with E-state index in [-0.39, 0.29) is 17.4 Å². The molecule has 0 bridgehead atoms. The highest BCUT2D eigenvalue weighted by Crippen LogP contribution is 2.29. The summed E-state index contributed by atoms with van der Waals surface area (Å²) in [6, 6.07) is 18.3. The van der Waals surface area contributed by atoms with Crippen molar-refractivity contribution in [2.45, 2.75) is 18.8 Å². The van der Waals surface area contributed by atoms with Crippen molar-refractivity contribution in [3.05, 3.63) is 82.5 Å². The molecule has 1 amide bonds. The fourth-order valence-electron chi connectivity index (χ4n) is 3.84. The lowest BCUT2D eigenvalue weighted by Crippen LogP contribution is -2.40. The summed E-state index contributed by atoms with van der Waals surface area (Å²) < 4.78 is 11.2. The average molecular weight is 401 g/mol. The topological polar surface area (TPSA) is 89.4 Å².